The third kappa shape index (κ3) is 3.47. The lowest BCUT2D eigenvalue weighted by molar-refractivity contribution is 0.0925. The smallest absolute Gasteiger partial charge is 0.0717 e. The molecule has 1 saturated heterocycles. The zero-order valence-electron chi connectivity index (χ0n) is 11.7. The van der Waals surface area contributed by atoms with Gasteiger partial charge in [0.05, 0.1) is 13.2 Å². The second-order valence-corrected chi connectivity index (χ2v) is 5.44. The van der Waals surface area contributed by atoms with Crippen molar-refractivity contribution in [3.63, 3.8) is 0 Å². The Morgan fingerprint density at radius 3 is 2.40 bits per heavy atom. The van der Waals surface area contributed by atoms with Crippen molar-refractivity contribution in [2.45, 2.75) is 13.0 Å². The van der Waals surface area contributed by atoms with Crippen LogP contribution >= 0.6 is 0 Å². The first-order chi connectivity index (χ1) is 9.92. The maximum absolute atomic E-state index is 5.81. The number of nitrogens with one attached hydrogen (secondary N) is 1. The molecule has 0 aromatic heterocycles. The summed E-state index contributed by atoms with van der Waals surface area (Å²) in [5.41, 5.74) is 3.77. The van der Waals surface area contributed by atoms with Crippen LogP contribution in [0.25, 0.3) is 11.1 Å². The first-order valence-electron chi connectivity index (χ1n) is 7.34. The van der Waals surface area contributed by atoms with Gasteiger partial charge in [0.1, 0.15) is 0 Å². The van der Waals surface area contributed by atoms with Gasteiger partial charge in [-0.2, -0.15) is 0 Å². The van der Waals surface area contributed by atoms with E-state index in [1.807, 2.05) is 6.07 Å². The number of ether oxygens (including phenoxy) is 1. The van der Waals surface area contributed by atoms with E-state index in [4.69, 9.17) is 4.74 Å². The van der Waals surface area contributed by atoms with E-state index in [0.29, 0.717) is 12.5 Å². The highest BCUT2D eigenvalue weighted by Crippen LogP contribution is 2.19. The molecule has 20 heavy (non-hydrogen) atoms. The lowest BCUT2D eigenvalue weighted by atomic mass is 10.0. The second kappa shape index (κ2) is 6.69. The van der Waals surface area contributed by atoms with Gasteiger partial charge in [0.15, 0.2) is 0 Å². The van der Waals surface area contributed by atoms with Crippen molar-refractivity contribution in [3.8, 4) is 11.1 Å². The van der Waals surface area contributed by atoms with Crippen molar-refractivity contribution in [1.29, 1.82) is 0 Å². The maximum Gasteiger partial charge on any atom is 0.0717 e. The minimum Gasteiger partial charge on any atom is -0.376 e. The van der Waals surface area contributed by atoms with E-state index >= 15 is 0 Å². The van der Waals surface area contributed by atoms with E-state index in [1.54, 1.807) is 0 Å². The van der Waals surface area contributed by atoms with Gasteiger partial charge in [0.25, 0.3) is 0 Å². The monoisotopic (exact) mass is 267 g/mol. The van der Waals surface area contributed by atoms with Gasteiger partial charge in [-0.15, -0.1) is 0 Å². The van der Waals surface area contributed by atoms with Crippen LogP contribution in [-0.2, 0) is 11.3 Å². The van der Waals surface area contributed by atoms with Crippen LogP contribution in [0.3, 0.4) is 0 Å². The van der Waals surface area contributed by atoms with Crippen molar-refractivity contribution in [3.05, 3.63) is 60.2 Å². The minimum absolute atomic E-state index is 0.693. The van der Waals surface area contributed by atoms with E-state index in [0.717, 1.165) is 19.7 Å². The predicted octanol–water partition coefficient (Wildman–Crippen LogP) is 3.48. The highest BCUT2D eigenvalue weighted by atomic mass is 16.5. The van der Waals surface area contributed by atoms with E-state index in [2.05, 4.69) is 53.8 Å². The fourth-order valence-corrected chi connectivity index (χ4v) is 2.62. The SMILES string of the molecule is c1ccc(-c2ccc(COCC3CCNC3)cc2)cc1. The molecule has 0 spiro atoms. The molecule has 1 atom stereocenters. The fraction of sp³-hybridized carbons (Fsp3) is 0.333. The molecule has 2 aromatic rings. The number of hydrogen-bond donors (Lipinski definition) is 1. The lowest BCUT2D eigenvalue weighted by Crippen LogP contribution is -2.13. The summed E-state index contributed by atoms with van der Waals surface area (Å²) in [7, 11) is 0. The molecule has 2 nitrogen and oxygen atoms in total. The molecule has 2 heteroatoms. The highest BCUT2D eigenvalue weighted by Gasteiger charge is 2.13. The molecule has 0 saturated carbocycles. The Labute approximate surface area is 120 Å². The Bertz CT molecular complexity index is 515. The Balaban J connectivity index is 1.53. The number of hydrogen-bond acceptors (Lipinski definition) is 2. The molecule has 104 valence electrons. The normalized spacial score (nSPS) is 18.3. The third-order valence-corrected chi connectivity index (χ3v) is 3.85. The van der Waals surface area contributed by atoms with Crippen LogP contribution in [-0.4, -0.2) is 19.7 Å². The van der Waals surface area contributed by atoms with Crippen molar-refractivity contribution < 1.29 is 4.74 Å². The Morgan fingerprint density at radius 2 is 1.70 bits per heavy atom. The molecule has 3 rings (SSSR count). The van der Waals surface area contributed by atoms with Crippen LogP contribution in [0, 0.1) is 5.92 Å². The van der Waals surface area contributed by atoms with Crippen LogP contribution in [0.15, 0.2) is 54.6 Å². The molecule has 1 unspecified atom stereocenters. The summed E-state index contributed by atoms with van der Waals surface area (Å²) in [6.07, 6.45) is 1.24. The zero-order chi connectivity index (χ0) is 13.6. The van der Waals surface area contributed by atoms with E-state index < -0.39 is 0 Å². The molecular formula is C18H21NO. The average molecular weight is 267 g/mol. The Hall–Kier alpha value is -1.64. The summed E-state index contributed by atoms with van der Waals surface area (Å²) >= 11 is 0. The van der Waals surface area contributed by atoms with Gasteiger partial charge >= 0.3 is 0 Å². The molecule has 1 heterocycles. The molecule has 0 bridgehead atoms. The van der Waals surface area contributed by atoms with E-state index in [9.17, 15) is 0 Å². The molecule has 0 radical (unpaired) electrons. The maximum atomic E-state index is 5.81. The van der Waals surface area contributed by atoms with Crippen molar-refractivity contribution in [2.24, 2.45) is 5.92 Å². The Kier molecular flexibility index (Phi) is 4.46. The van der Waals surface area contributed by atoms with Crippen LogP contribution in [0.5, 0.6) is 0 Å². The third-order valence-electron chi connectivity index (χ3n) is 3.85. The van der Waals surface area contributed by atoms with E-state index in [-0.39, 0.29) is 0 Å². The molecular weight excluding hydrogens is 246 g/mol. The average Bonchev–Trinajstić information content (AvgIpc) is 3.02. The van der Waals surface area contributed by atoms with Gasteiger partial charge in [-0.25, -0.2) is 0 Å². The standard InChI is InChI=1S/C18H21NO/c1-2-4-17(5-3-1)18-8-6-15(7-9-18)13-20-14-16-10-11-19-12-16/h1-9,16,19H,10-14H2. The summed E-state index contributed by atoms with van der Waals surface area (Å²) in [5.74, 6) is 0.693. The lowest BCUT2D eigenvalue weighted by Gasteiger charge is -2.10. The second-order valence-electron chi connectivity index (χ2n) is 5.44. The van der Waals surface area contributed by atoms with Gasteiger partial charge < -0.3 is 10.1 Å². The topological polar surface area (TPSA) is 21.3 Å². The fourth-order valence-electron chi connectivity index (χ4n) is 2.62. The zero-order valence-corrected chi connectivity index (χ0v) is 11.7. The van der Waals surface area contributed by atoms with Crippen molar-refractivity contribution in [2.75, 3.05) is 19.7 Å². The summed E-state index contributed by atoms with van der Waals surface area (Å²) in [6, 6.07) is 19.1. The van der Waals surface area contributed by atoms with E-state index in [1.165, 1.54) is 23.1 Å². The first kappa shape index (κ1) is 13.3. The van der Waals surface area contributed by atoms with Crippen LogP contribution in [0.2, 0.25) is 0 Å². The van der Waals surface area contributed by atoms with Crippen molar-refractivity contribution in [1.82, 2.24) is 5.32 Å². The van der Waals surface area contributed by atoms with Crippen molar-refractivity contribution >= 4 is 0 Å². The first-order valence-corrected chi connectivity index (χ1v) is 7.34. The number of rotatable bonds is 5. The molecule has 2 aromatic carbocycles. The van der Waals surface area contributed by atoms with Crippen LogP contribution in [0.1, 0.15) is 12.0 Å². The van der Waals surface area contributed by atoms with Crippen LogP contribution in [0.4, 0.5) is 0 Å². The molecule has 1 fully saturated rings. The summed E-state index contributed by atoms with van der Waals surface area (Å²) in [4.78, 5) is 0. The van der Waals surface area contributed by atoms with Gasteiger partial charge in [0, 0.05) is 6.54 Å². The molecule has 1 aliphatic rings. The van der Waals surface area contributed by atoms with Gasteiger partial charge in [-0.3, -0.25) is 0 Å². The molecule has 1 aliphatic heterocycles. The summed E-state index contributed by atoms with van der Waals surface area (Å²) in [5, 5.41) is 3.37. The highest BCUT2D eigenvalue weighted by molar-refractivity contribution is 5.63. The Morgan fingerprint density at radius 1 is 0.950 bits per heavy atom. The number of benzene rings is 2. The summed E-state index contributed by atoms with van der Waals surface area (Å²) < 4.78 is 5.81. The molecule has 0 aliphatic carbocycles. The minimum atomic E-state index is 0.693. The molecule has 0 amide bonds. The predicted molar refractivity (Wildman–Crippen MR) is 82.5 cm³/mol. The van der Waals surface area contributed by atoms with Crippen LogP contribution < -0.4 is 5.32 Å². The summed E-state index contributed by atoms with van der Waals surface area (Å²) in [6.45, 7) is 3.83. The van der Waals surface area contributed by atoms with Gasteiger partial charge in [0.2, 0.25) is 0 Å². The molecule has 1 N–H and O–H groups in total. The van der Waals surface area contributed by atoms with Gasteiger partial charge in [-0.05, 0) is 35.6 Å². The van der Waals surface area contributed by atoms with Gasteiger partial charge in [-0.1, -0.05) is 54.6 Å². The quantitative estimate of drug-likeness (QED) is 0.895. The largest absolute Gasteiger partial charge is 0.376 e.